The van der Waals surface area contributed by atoms with Gasteiger partial charge in [0, 0.05) is 37.3 Å². The van der Waals surface area contributed by atoms with Crippen molar-refractivity contribution in [1.29, 1.82) is 0 Å². The van der Waals surface area contributed by atoms with Gasteiger partial charge in [0.1, 0.15) is 6.04 Å². The number of piperazine rings is 1. The first-order valence-corrected chi connectivity index (χ1v) is 11.7. The number of benzene rings is 1. The van der Waals surface area contributed by atoms with E-state index in [2.05, 4.69) is 25.4 Å². The molecule has 1 amide bonds. The maximum atomic E-state index is 13.4. The predicted octanol–water partition coefficient (Wildman–Crippen LogP) is 2.72. The molecule has 1 fully saturated rings. The van der Waals surface area contributed by atoms with E-state index < -0.39 is 6.04 Å². The number of carbonyl (C=O) groups excluding carboxylic acids is 1. The Balaban J connectivity index is 1.54. The van der Waals surface area contributed by atoms with Crippen LogP contribution in [0.5, 0.6) is 0 Å². The van der Waals surface area contributed by atoms with E-state index in [4.69, 9.17) is 4.42 Å². The molecule has 0 bridgehead atoms. The van der Waals surface area contributed by atoms with Crippen LogP contribution in [0.2, 0.25) is 0 Å². The Bertz CT molecular complexity index is 1410. The molecule has 1 aromatic carbocycles. The van der Waals surface area contributed by atoms with Gasteiger partial charge in [-0.1, -0.05) is 12.1 Å². The second kappa shape index (κ2) is 8.77. The van der Waals surface area contributed by atoms with Gasteiger partial charge in [0.05, 0.1) is 11.8 Å². The van der Waals surface area contributed by atoms with Crippen molar-refractivity contribution in [3.8, 4) is 0 Å². The van der Waals surface area contributed by atoms with Gasteiger partial charge in [0.25, 0.3) is 11.5 Å². The third-order valence-electron chi connectivity index (χ3n) is 6.40. The smallest absolute Gasteiger partial charge is 0.289 e. The number of fused-ring (bicyclic) bond motifs is 1. The number of aromatic amines is 1. The second-order valence-electron chi connectivity index (χ2n) is 9.97. The number of furan rings is 1. The highest BCUT2D eigenvalue weighted by atomic mass is 16.3. The Morgan fingerprint density at radius 2 is 1.89 bits per heavy atom. The fourth-order valence-corrected chi connectivity index (χ4v) is 4.62. The van der Waals surface area contributed by atoms with Crippen molar-refractivity contribution in [3.05, 3.63) is 75.7 Å². The highest BCUT2D eigenvalue weighted by Crippen LogP contribution is 2.30. The summed E-state index contributed by atoms with van der Waals surface area (Å²) in [5, 5.41) is 13.5. The Kier molecular flexibility index (Phi) is 5.76. The van der Waals surface area contributed by atoms with E-state index in [1.54, 1.807) is 21.7 Å². The summed E-state index contributed by atoms with van der Waals surface area (Å²) < 4.78 is 7.06. The van der Waals surface area contributed by atoms with E-state index in [1.165, 1.54) is 6.26 Å². The van der Waals surface area contributed by atoms with Gasteiger partial charge in [-0.2, -0.15) is 0 Å². The lowest BCUT2D eigenvalue weighted by atomic mass is 10.0. The molecule has 1 aliphatic rings. The quantitative estimate of drug-likeness (QED) is 0.483. The second-order valence-corrected chi connectivity index (χ2v) is 9.97. The molecule has 5 rings (SSSR count). The van der Waals surface area contributed by atoms with Crippen LogP contribution in [0.4, 0.5) is 0 Å². The number of hydrogen-bond donors (Lipinski definition) is 1. The normalized spacial score (nSPS) is 16.1. The van der Waals surface area contributed by atoms with Crippen LogP contribution in [0.25, 0.3) is 10.9 Å². The topological polar surface area (TPSA) is 113 Å². The van der Waals surface area contributed by atoms with E-state index in [1.807, 2.05) is 52.0 Å². The van der Waals surface area contributed by atoms with Crippen molar-refractivity contribution < 1.29 is 9.21 Å². The molecular weight excluding hydrogens is 446 g/mol. The first-order chi connectivity index (χ1) is 16.7. The molecule has 0 saturated carbocycles. The number of aryl methyl sites for hydroxylation is 1. The Morgan fingerprint density at radius 1 is 1.11 bits per heavy atom. The van der Waals surface area contributed by atoms with Crippen LogP contribution in [0, 0.1) is 6.92 Å². The molecule has 0 radical (unpaired) electrons. The summed E-state index contributed by atoms with van der Waals surface area (Å²) in [5.74, 6) is 0.790. The lowest BCUT2D eigenvalue weighted by Gasteiger charge is -2.39. The Morgan fingerprint density at radius 3 is 2.57 bits per heavy atom. The summed E-state index contributed by atoms with van der Waals surface area (Å²) in [6, 6.07) is 10.8. The fraction of sp³-hybridized carbons (Fsp3) is 0.400. The minimum atomic E-state index is -0.473. The average molecular weight is 476 g/mol. The number of aromatic nitrogens is 5. The molecule has 3 aromatic heterocycles. The summed E-state index contributed by atoms with van der Waals surface area (Å²) in [7, 11) is 0. The molecule has 1 atom stereocenters. The molecule has 1 aliphatic heterocycles. The molecule has 0 unspecified atom stereocenters. The lowest BCUT2D eigenvalue weighted by Crippen LogP contribution is -2.51. The van der Waals surface area contributed by atoms with Crippen LogP contribution in [0.3, 0.4) is 0 Å². The van der Waals surface area contributed by atoms with Gasteiger partial charge in [-0.3, -0.25) is 14.5 Å². The highest BCUT2D eigenvalue weighted by Gasteiger charge is 2.36. The molecule has 35 heavy (non-hydrogen) atoms. The van der Waals surface area contributed by atoms with Gasteiger partial charge < -0.3 is 14.3 Å². The third kappa shape index (κ3) is 4.37. The maximum Gasteiger partial charge on any atom is 0.289 e. The van der Waals surface area contributed by atoms with Crippen LogP contribution in [0.1, 0.15) is 54.3 Å². The maximum absolute atomic E-state index is 13.4. The number of tetrazole rings is 1. The highest BCUT2D eigenvalue weighted by molar-refractivity contribution is 5.91. The van der Waals surface area contributed by atoms with E-state index in [0.717, 1.165) is 16.5 Å². The lowest BCUT2D eigenvalue weighted by molar-refractivity contribution is 0.0555. The number of hydrogen-bond acceptors (Lipinski definition) is 7. The Hall–Kier alpha value is -3.79. The molecule has 4 heterocycles. The van der Waals surface area contributed by atoms with Crippen molar-refractivity contribution in [3.63, 3.8) is 0 Å². The van der Waals surface area contributed by atoms with Gasteiger partial charge in [0.2, 0.25) is 0 Å². The van der Waals surface area contributed by atoms with Crippen molar-refractivity contribution in [2.24, 2.45) is 0 Å². The van der Waals surface area contributed by atoms with E-state index in [-0.39, 0.29) is 17.0 Å². The number of nitrogens with one attached hydrogen (secondary N) is 1. The SMILES string of the molecule is Cc1ccc2cc([C@H](c3nnnn3C(C)(C)C)N3CCN(C(=O)c4ccco4)CC3)c(=O)[nH]c2c1. The molecule has 182 valence electrons. The van der Waals surface area contributed by atoms with Crippen molar-refractivity contribution >= 4 is 16.8 Å². The van der Waals surface area contributed by atoms with Crippen LogP contribution in [-0.2, 0) is 5.54 Å². The predicted molar refractivity (Wildman–Crippen MR) is 130 cm³/mol. The number of amides is 1. The third-order valence-corrected chi connectivity index (χ3v) is 6.40. The minimum absolute atomic E-state index is 0.135. The molecule has 1 saturated heterocycles. The Labute approximate surface area is 202 Å². The monoisotopic (exact) mass is 475 g/mol. The first-order valence-electron chi connectivity index (χ1n) is 11.7. The number of nitrogens with zero attached hydrogens (tertiary/aromatic N) is 6. The summed E-state index contributed by atoms with van der Waals surface area (Å²) in [4.78, 5) is 33.1. The van der Waals surface area contributed by atoms with Gasteiger partial charge in [-0.25, -0.2) is 4.68 Å². The average Bonchev–Trinajstić information content (AvgIpc) is 3.52. The summed E-state index contributed by atoms with van der Waals surface area (Å²) in [6.07, 6.45) is 1.50. The van der Waals surface area contributed by atoms with Crippen molar-refractivity contribution in [1.82, 2.24) is 35.0 Å². The van der Waals surface area contributed by atoms with Crippen LogP contribution in [0.15, 0.2) is 51.9 Å². The first kappa shape index (κ1) is 23.0. The molecule has 0 spiro atoms. The zero-order valence-electron chi connectivity index (χ0n) is 20.4. The van der Waals surface area contributed by atoms with Gasteiger partial charge in [-0.15, -0.1) is 5.10 Å². The molecular formula is C25H29N7O3. The van der Waals surface area contributed by atoms with E-state index in [9.17, 15) is 9.59 Å². The number of H-pyrrole nitrogens is 1. The molecule has 4 aromatic rings. The summed E-state index contributed by atoms with van der Waals surface area (Å²) >= 11 is 0. The van der Waals surface area contributed by atoms with E-state index >= 15 is 0 Å². The molecule has 10 heteroatoms. The van der Waals surface area contributed by atoms with Crippen molar-refractivity contribution in [2.75, 3.05) is 26.2 Å². The van der Waals surface area contributed by atoms with Gasteiger partial charge in [-0.05, 0) is 73.3 Å². The zero-order chi connectivity index (χ0) is 24.7. The largest absolute Gasteiger partial charge is 0.459 e. The minimum Gasteiger partial charge on any atom is -0.459 e. The van der Waals surface area contributed by atoms with Crippen LogP contribution in [-0.4, -0.2) is 67.1 Å². The summed E-state index contributed by atoms with van der Waals surface area (Å²) in [5.41, 5.74) is 1.89. The number of carbonyl (C=O) groups is 1. The van der Waals surface area contributed by atoms with Crippen molar-refractivity contribution in [2.45, 2.75) is 39.3 Å². The molecule has 0 aliphatic carbocycles. The summed E-state index contributed by atoms with van der Waals surface area (Å²) in [6.45, 7) is 10.2. The zero-order valence-corrected chi connectivity index (χ0v) is 20.4. The van der Waals surface area contributed by atoms with Gasteiger partial charge in [0.15, 0.2) is 11.6 Å². The standard InChI is InChI=1S/C25H29N7O3/c1-16-7-8-17-15-18(23(33)26-19(17)14-16)21(22-27-28-29-32(22)25(2,3)4)30-9-11-31(12-10-30)24(34)20-6-5-13-35-20/h5-8,13-15,21H,9-12H2,1-4H3,(H,26,33)/t21-/m1/s1. The fourth-order valence-electron chi connectivity index (χ4n) is 4.62. The number of pyridine rings is 1. The molecule has 10 nitrogen and oxygen atoms in total. The number of rotatable bonds is 4. The van der Waals surface area contributed by atoms with E-state index in [0.29, 0.717) is 43.3 Å². The van der Waals surface area contributed by atoms with Crippen LogP contribution >= 0.6 is 0 Å². The van der Waals surface area contributed by atoms with Crippen LogP contribution < -0.4 is 5.56 Å². The molecule has 1 N–H and O–H groups in total. The van der Waals surface area contributed by atoms with Gasteiger partial charge >= 0.3 is 0 Å².